The largest absolute Gasteiger partial charge is 0.490 e. The van der Waals surface area contributed by atoms with Gasteiger partial charge in [0.05, 0.1) is 12.6 Å². The van der Waals surface area contributed by atoms with Gasteiger partial charge in [-0.25, -0.2) is 0 Å². The molecule has 3 rings (SSSR count). The van der Waals surface area contributed by atoms with Crippen LogP contribution in [0.15, 0.2) is 54.6 Å². The number of ether oxygens (including phenoxy) is 1. The molecule has 20 heavy (non-hydrogen) atoms. The van der Waals surface area contributed by atoms with Crippen LogP contribution in [-0.2, 0) is 0 Å². The molecule has 0 aliphatic heterocycles. The maximum Gasteiger partial charge on any atom is 0.181 e. The lowest BCUT2D eigenvalue weighted by molar-refractivity contribution is 0.101. The molecule has 0 aromatic heterocycles. The number of ketones is 1. The van der Waals surface area contributed by atoms with E-state index in [0.717, 1.165) is 24.3 Å². The Morgan fingerprint density at radius 3 is 2.40 bits per heavy atom. The van der Waals surface area contributed by atoms with Crippen LogP contribution in [0.5, 0.6) is 5.75 Å². The van der Waals surface area contributed by atoms with Crippen LogP contribution in [0.25, 0.3) is 0 Å². The fourth-order valence-electron chi connectivity index (χ4n) is 1.94. The zero-order valence-corrected chi connectivity index (χ0v) is 11.2. The predicted octanol–water partition coefficient (Wildman–Crippen LogP) is 3.52. The van der Waals surface area contributed by atoms with Crippen molar-refractivity contribution in [3.63, 3.8) is 0 Å². The third kappa shape index (κ3) is 3.38. The molecule has 1 aliphatic rings. The van der Waals surface area contributed by atoms with Gasteiger partial charge in [-0.05, 0) is 49.2 Å². The van der Waals surface area contributed by atoms with Gasteiger partial charge in [-0.2, -0.15) is 0 Å². The molecule has 2 aromatic rings. The average molecular weight is 267 g/mol. The molecule has 3 heteroatoms. The van der Waals surface area contributed by atoms with Crippen LogP contribution < -0.4 is 10.1 Å². The molecule has 0 spiro atoms. The van der Waals surface area contributed by atoms with E-state index in [9.17, 15) is 4.79 Å². The summed E-state index contributed by atoms with van der Waals surface area (Å²) in [5, 5.41) is 3.12. The van der Waals surface area contributed by atoms with Crippen molar-refractivity contribution < 1.29 is 9.53 Å². The van der Waals surface area contributed by atoms with Crippen molar-refractivity contribution in [2.24, 2.45) is 0 Å². The fraction of sp³-hybridized carbons (Fsp3) is 0.235. The van der Waals surface area contributed by atoms with Crippen LogP contribution in [0.3, 0.4) is 0 Å². The highest BCUT2D eigenvalue weighted by Gasteiger charge is 2.23. The van der Waals surface area contributed by atoms with Crippen LogP contribution in [-0.4, -0.2) is 18.4 Å². The van der Waals surface area contributed by atoms with Crippen LogP contribution in [0.1, 0.15) is 23.2 Å². The van der Waals surface area contributed by atoms with Gasteiger partial charge in [-0.1, -0.05) is 18.2 Å². The molecule has 0 saturated heterocycles. The van der Waals surface area contributed by atoms with Crippen molar-refractivity contribution in [1.29, 1.82) is 0 Å². The van der Waals surface area contributed by atoms with Crippen molar-refractivity contribution in [2.45, 2.75) is 18.9 Å². The van der Waals surface area contributed by atoms with Gasteiger partial charge in [-0.15, -0.1) is 0 Å². The van der Waals surface area contributed by atoms with Gasteiger partial charge < -0.3 is 10.1 Å². The number of hydrogen-bond acceptors (Lipinski definition) is 3. The highest BCUT2D eigenvalue weighted by atomic mass is 16.5. The first kappa shape index (κ1) is 12.7. The zero-order chi connectivity index (χ0) is 13.8. The SMILES string of the molecule is O=C(CNc1ccccc1)c1ccc(OC2CC2)cc1. The summed E-state index contributed by atoms with van der Waals surface area (Å²) in [4.78, 5) is 12.1. The van der Waals surface area contributed by atoms with E-state index in [0.29, 0.717) is 18.2 Å². The van der Waals surface area contributed by atoms with Crippen LogP contribution in [0.4, 0.5) is 5.69 Å². The minimum Gasteiger partial charge on any atom is -0.490 e. The molecule has 0 bridgehead atoms. The zero-order valence-electron chi connectivity index (χ0n) is 11.2. The van der Waals surface area contributed by atoms with E-state index in [-0.39, 0.29) is 5.78 Å². The Bertz CT molecular complexity index is 574. The topological polar surface area (TPSA) is 38.3 Å². The summed E-state index contributed by atoms with van der Waals surface area (Å²) in [7, 11) is 0. The third-order valence-corrected chi connectivity index (χ3v) is 3.23. The number of anilines is 1. The van der Waals surface area contributed by atoms with Crippen molar-refractivity contribution in [3.8, 4) is 5.75 Å². The predicted molar refractivity (Wildman–Crippen MR) is 79.4 cm³/mol. The van der Waals surface area contributed by atoms with E-state index in [1.54, 1.807) is 0 Å². The molecule has 1 N–H and O–H groups in total. The number of Topliss-reactive ketones (excluding diaryl/α,β-unsaturated/α-hetero) is 1. The fourth-order valence-corrected chi connectivity index (χ4v) is 1.94. The number of nitrogens with one attached hydrogen (secondary N) is 1. The molecule has 1 aliphatic carbocycles. The van der Waals surface area contributed by atoms with E-state index in [4.69, 9.17) is 4.74 Å². The summed E-state index contributed by atoms with van der Waals surface area (Å²) in [6.45, 7) is 0.298. The smallest absolute Gasteiger partial charge is 0.181 e. The Balaban J connectivity index is 1.56. The molecule has 2 aromatic carbocycles. The quantitative estimate of drug-likeness (QED) is 0.814. The highest BCUT2D eigenvalue weighted by Crippen LogP contribution is 2.26. The van der Waals surface area contributed by atoms with Crippen molar-refractivity contribution >= 4 is 11.5 Å². The lowest BCUT2D eigenvalue weighted by Crippen LogP contribution is -2.13. The third-order valence-electron chi connectivity index (χ3n) is 3.23. The second-order valence-electron chi connectivity index (χ2n) is 4.98. The summed E-state index contributed by atoms with van der Waals surface area (Å²) in [5.41, 5.74) is 1.66. The summed E-state index contributed by atoms with van der Waals surface area (Å²) in [5.74, 6) is 0.923. The maximum atomic E-state index is 12.1. The standard InChI is InChI=1S/C17H17NO2/c19-17(12-18-14-4-2-1-3-5-14)13-6-8-15(9-7-13)20-16-10-11-16/h1-9,16,18H,10-12H2. The first-order valence-corrected chi connectivity index (χ1v) is 6.90. The molecule has 102 valence electrons. The molecule has 1 saturated carbocycles. The van der Waals surface area contributed by atoms with E-state index >= 15 is 0 Å². The van der Waals surface area contributed by atoms with Crippen LogP contribution in [0.2, 0.25) is 0 Å². The van der Waals surface area contributed by atoms with E-state index in [1.807, 2.05) is 54.6 Å². The number of hydrogen-bond donors (Lipinski definition) is 1. The van der Waals surface area contributed by atoms with Gasteiger partial charge in [-0.3, -0.25) is 4.79 Å². The van der Waals surface area contributed by atoms with Gasteiger partial charge in [0.2, 0.25) is 0 Å². The molecular formula is C17H17NO2. The summed E-state index contributed by atoms with van der Waals surface area (Å²) in [6.07, 6.45) is 2.67. The van der Waals surface area contributed by atoms with Gasteiger partial charge >= 0.3 is 0 Å². The summed E-state index contributed by atoms with van der Waals surface area (Å²) in [6, 6.07) is 17.1. The lowest BCUT2D eigenvalue weighted by Gasteiger charge is -2.07. The first-order valence-electron chi connectivity index (χ1n) is 6.90. The number of benzene rings is 2. The minimum atomic E-state index is 0.0758. The minimum absolute atomic E-state index is 0.0758. The molecule has 0 amide bonds. The Kier molecular flexibility index (Phi) is 3.68. The van der Waals surface area contributed by atoms with Gasteiger partial charge in [0.1, 0.15) is 5.75 Å². The van der Waals surface area contributed by atoms with E-state index in [1.165, 1.54) is 0 Å². The molecule has 0 unspecified atom stereocenters. The number of para-hydroxylation sites is 1. The second-order valence-corrected chi connectivity index (χ2v) is 4.98. The lowest BCUT2D eigenvalue weighted by atomic mass is 10.1. The Hall–Kier alpha value is -2.29. The van der Waals surface area contributed by atoms with Crippen molar-refractivity contribution in [2.75, 3.05) is 11.9 Å². The molecular weight excluding hydrogens is 250 g/mol. The maximum absolute atomic E-state index is 12.1. The van der Waals surface area contributed by atoms with Gasteiger partial charge in [0.15, 0.2) is 5.78 Å². The first-order chi connectivity index (χ1) is 9.81. The van der Waals surface area contributed by atoms with Crippen molar-refractivity contribution in [3.05, 3.63) is 60.2 Å². The molecule has 3 nitrogen and oxygen atoms in total. The van der Waals surface area contributed by atoms with E-state index < -0.39 is 0 Å². The summed E-state index contributed by atoms with van der Waals surface area (Å²) < 4.78 is 5.66. The molecule has 0 radical (unpaired) electrons. The number of carbonyl (C=O) groups is 1. The normalized spacial score (nSPS) is 13.8. The highest BCUT2D eigenvalue weighted by molar-refractivity contribution is 5.99. The second kappa shape index (κ2) is 5.78. The van der Waals surface area contributed by atoms with Gasteiger partial charge in [0.25, 0.3) is 0 Å². The molecule has 0 atom stereocenters. The Morgan fingerprint density at radius 1 is 1.05 bits per heavy atom. The van der Waals surface area contributed by atoms with E-state index in [2.05, 4.69) is 5.32 Å². The Morgan fingerprint density at radius 2 is 1.75 bits per heavy atom. The molecule has 0 heterocycles. The monoisotopic (exact) mass is 267 g/mol. The molecule has 1 fully saturated rings. The number of carbonyl (C=O) groups excluding carboxylic acids is 1. The van der Waals surface area contributed by atoms with Crippen LogP contribution in [0, 0.1) is 0 Å². The van der Waals surface area contributed by atoms with Crippen LogP contribution >= 0.6 is 0 Å². The number of rotatable bonds is 6. The average Bonchev–Trinajstić information content (AvgIpc) is 3.31. The van der Waals surface area contributed by atoms with Gasteiger partial charge in [0, 0.05) is 11.3 Å². The Labute approximate surface area is 118 Å². The van der Waals surface area contributed by atoms with Crippen molar-refractivity contribution in [1.82, 2.24) is 0 Å². The summed E-state index contributed by atoms with van der Waals surface area (Å²) >= 11 is 0.